The summed E-state index contributed by atoms with van der Waals surface area (Å²) in [6.45, 7) is 5.30. The lowest BCUT2D eigenvalue weighted by atomic mass is 10.1. The number of carbonyl (C=O) groups excluding carboxylic acids is 2. The lowest BCUT2D eigenvalue weighted by molar-refractivity contribution is -0.121. The van der Waals surface area contributed by atoms with Crippen molar-refractivity contribution in [3.63, 3.8) is 0 Å². The molecule has 0 fully saturated rings. The quantitative estimate of drug-likeness (QED) is 0.656. The molecule has 0 aliphatic carbocycles. The van der Waals surface area contributed by atoms with Gasteiger partial charge in [-0.1, -0.05) is 11.6 Å². The average molecular weight is 412 g/mol. The third-order valence-corrected chi connectivity index (χ3v) is 5.17. The van der Waals surface area contributed by atoms with Crippen LogP contribution in [0.1, 0.15) is 26.4 Å². The molecule has 1 aromatic carbocycles. The molecule has 2 amide bonds. The average Bonchev–Trinajstić information content (AvgIpc) is 2.80. The summed E-state index contributed by atoms with van der Waals surface area (Å²) in [5, 5.41) is 6.52. The number of nitrogens with one attached hydrogen (secondary N) is 2. The minimum Gasteiger partial charge on any atom is -0.483 e. The van der Waals surface area contributed by atoms with Crippen LogP contribution in [-0.2, 0) is 4.79 Å². The molecule has 138 valence electrons. The Morgan fingerprint density at radius 3 is 2.62 bits per heavy atom. The smallest absolute Gasteiger partial charge is 0.264 e. The highest BCUT2D eigenvalue weighted by atomic mass is 35.5. The van der Waals surface area contributed by atoms with E-state index in [1.165, 1.54) is 11.3 Å². The number of amides is 2. The summed E-state index contributed by atoms with van der Waals surface area (Å²) in [7, 11) is 0. The first-order valence-corrected chi connectivity index (χ1v) is 9.19. The van der Waals surface area contributed by atoms with Crippen molar-refractivity contribution in [1.29, 1.82) is 0 Å². The molecule has 26 heavy (non-hydrogen) atoms. The van der Waals surface area contributed by atoms with E-state index >= 15 is 0 Å². The maximum absolute atomic E-state index is 12.0. The number of halogens is 1. The lowest BCUT2D eigenvalue weighted by Gasteiger charge is -2.11. The lowest BCUT2D eigenvalue weighted by Crippen LogP contribution is -2.37. The Hall–Kier alpha value is -2.16. The zero-order chi connectivity index (χ0) is 19.4. The van der Waals surface area contributed by atoms with Gasteiger partial charge in [-0.15, -0.1) is 11.3 Å². The van der Waals surface area contributed by atoms with Gasteiger partial charge in [-0.25, -0.2) is 0 Å². The molecule has 4 N–H and O–H groups in total. The molecular weight excluding hydrogens is 394 g/mol. The number of thiocarbonyl (C=S) groups is 1. The van der Waals surface area contributed by atoms with Gasteiger partial charge in [0, 0.05) is 9.90 Å². The van der Waals surface area contributed by atoms with Crippen molar-refractivity contribution in [2.45, 2.75) is 20.8 Å². The first-order valence-electron chi connectivity index (χ1n) is 7.58. The molecule has 0 aliphatic rings. The second-order valence-electron chi connectivity index (χ2n) is 5.55. The van der Waals surface area contributed by atoms with Gasteiger partial charge in [0.1, 0.15) is 10.8 Å². The number of hydrogen-bond donors (Lipinski definition) is 3. The second-order valence-corrected chi connectivity index (χ2v) is 7.62. The van der Waals surface area contributed by atoms with Crippen LogP contribution in [0.15, 0.2) is 18.2 Å². The second kappa shape index (κ2) is 8.48. The van der Waals surface area contributed by atoms with Crippen molar-refractivity contribution in [3.05, 3.63) is 44.8 Å². The summed E-state index contributed by atoms with van der Waals surface area (Å²) in [6.07, 6.45) is 0. The van der Waals surface area contributed by atoms with Gasteiger partial charge in [-0.2, -0.15) is 0 Å². The van der Waals surface area contributed by atoms with E-state index in [2.05, 4.69) is 10.6 Å². The SMILES string of the molecule is Cc1cc(Cl)ccc1OCC(=O)NC(=S)Nc1sc(C)c(C)c1C(N)=O. The Bertz CT molecular complexity index is 880. The van der Waals surface area contributed by atoms with E-state index in [9.17, 15) is 9.59 Å². The maximum atomic E-state index is 12.0. The van der Waals surface area contributed by atoms with Crippen LogP contribution in [0.25, 0.3) is 0 Å². The third kappa shape index (κ3) is 4.94. The molecule has 2 aromatic rings. The van der Waals surface area contributed by atoms with Crippen molar-refractivity contribution in [3.8, 4) is 5.75 Å². The van der Waals surface area contributed by atoms with Gasteiger partial charge < -0.3 is 15.8 Å². The molecule has 0 aliphatic heterocycles. The van der Waals surface area contributed by atoms with E-state index in [-0.39, 0.29) is 11.7 Å². The van der Waals surface area contributed by atoms with Crippen LogP contribution in [0.4, 0.5) is 5.00 Å². The molecule has 0 atom stereocenters. The number of thiophene rings is 1. The predicted molar refractivity (Wildman–Crippen MR) is 108 cm³/mol. The normalized spacial score (nSPS) is 10.3. The highest BCUT2D eigenvalue weighted by Crippen LogP contribution is 2.31. The number of ether oxygens (including phenoxy) is 1. The number of benzene rings is 1. The van der Waals surface area contributed by atoms with E-state index in [1.54, 1.807) is 25.1 Å². The van der Waals surface area contributed by atoms with E-state index in [4.69, 9.17) is 34.3 Å². The fourth-order valence-electron chi connectivity index (χ4n) is 2.23. The molecule has 0 unspecified atom stereocenters. The predicted octanol–water partition coefficient (Wildman–Crippen LogP) is 3.32. The molecular formula is C17H18ClN3O3S2. The van der Waals surface area contributed by atoms with Crippen LogP contribution >= 0.6 is 35.2 Å². The standard InChI is InChI=1S/C17H18ClN3O3S2/c1-8-6-11(18)4-5-12(8)24-7-13(22)20-17(25)21-16-14(15(19)23)9(2)10(3)26-16/h4-6H,7H2,1-3H3,(H2,19,23)(H2,20,21,22,25). The number of primary amides is 1. The number of anilines is 1. The van der Waals surface area contributed by atoms with Gasteiger partial charge in [-0.05, 0) is 62.3 Å². The summed E-state index contributed by atoms with van der Waals surface area (Å²) in [5.74, 6) is -0.420. The summed E-state index contributed by atoms with van der Waals surface area (Å²) in [6, 6.07) is 5.12. The molecule has 6 nitrogen and oxygen atoms in total. The minimum atomic E-state index is -0.551. The van der Waals surface area contributed by atoms with Crippen LogP contribution in [0, 0.1) is 20.8 Å². The van der Waals surface area contributed by atoms with Crippen molar-refractivity contribution < 1.29 is 14.3 Å². The van der Waals surface area contributed by atoms with Crippen LogP contribution in [0.3, 0.4) is 0 Å². The third-order valence-electron chi connectivity index (χ3n) is 3.61. The largest absolute Gasteiger partial charge is 0.483 e. The van der Waals surface area contributed by atoms with Crippen LogP contribution in [0.2, 0.25) is 5.02 Å². The number of aryl methyl sites for hydroxylation is 2. The van der Waals surface area contributed by atoms with Gasteiger partial charge in [-0.3, -0.25) is 14.9 Å². The number of hydrogen-bond acceptors (Lipinski definition) is 5. The van der Waals surface area contributed by atoms with E-state index in [1.807, 2.05) is 13.8 Å². The monoisotopic (exact) mass is 411 g/mol. The number of carbonyl (C=O) groups is 2. The maximum Gasteiger partial charge on any atom is 0.264 e. The highest BCUT2D eigenvalue weighted by molar-refractivity contribution is 7.80. The van der Waals surface area contributed by atoms with Gasteiger partial charge in [0.25, 0.3) is 11.8 Å². The minimum absolute atomic E-state index is 0.0650. The summed E-state index contributed by atoms with van der Waals surface area (Å²) >= 11 is 12.3. The zero-order valence-electron chi connectivity index (χ0n) is 14.4. The van der Waals surface area contributed by atoms with Crippen LogP contribution < -0.4 is 21.1 Å². The van der Waals surface area contributed by atoms with Gasteiger partial charge >= 0.3 is 0 Å². The van der Waals surface area contributed by atoms with E-state index in [0.29, 0.717) is 21.3 Å². The topological polar surface area (TPSA) is 93.4 Å². The molecule has 0 saturated heterocycles. The Morgan fingerprint density at radius 2 is 2.00 bits per heavy atom. The Kier molecular flexibility index (Phi) is 6.57. The summed E-state index contributed by atoms with van der Waals surface area (Å²) in [4.78, 5) is 24.6. The number of nitrogens with two attached hydrogens (primary N) is 1. The zero-order valence-corrected chi connectivity index (χ0v) is 16.8. The molecule has 2 rings (SSSR count). The molecule has 0 saturated carbocycles. The van der Waals surface area contributed by atoms with Crippen molar-refractivity contribution in [1.82, 2.24) is 5.32 Å². The molecule has 0 bridgehead atoms. The van der Waals surface area contributed by atoms with E-state index in [0.717, 1.165) is 16.0 Å². The molecule has 9 heteroatoms. The van der Waals surface area contributed by atoms with Crippen molar-refractivity contribution in [2.24, 2.45) is 5.73 Å². The van der Waals surface area contributed by atoms with Crippen molar-refractivity contribution in [2.75, 3.05) is 11.9 Å². The molecule has 0 spiro atoms. The highest BCUT2D eigenvalue weighted by Gasteiger charge is 2.18. The van der Waals surface area contributed by atoms with E-state index < -0.39 is 11.8 Å². The van der Waals surface area contributed by atoms with Crippen LogP contribution in [0.5, 0.6) is 5.75 Å². The van der Waals surface area contributed by atoms with Gasteiger partial charge in [0.05, 0.1) is 5.56 Å². The Balaban J connectivity index is 1.94. The first-order chi connectivity index (χ1) is 12.2. The molecule has 1 heterocycles. The summed E-state index contributed by atoms with van der Waals surface area (Å²) in [5.41, 5.74) is 7.40. The summed E-state index contributed by atoms with van der Waals surface area (Å²) < 4.78 is 5.46. The van der Waals surface area contributed by atoms with Crippen molar-refractivity contribution >= 4 is 57.1 Å². The molecule has 0 radical (unpaired) electrons. The fraction of sp³-hybridized carbons (Fsp3) is 0.235. The number of rotatable bonds is 5. The van der Waals surface area contributed by atoms with Gasteiger partial charge in [0.2, 0.25) is 0 Å². The Labute approximate surface area is 165 Å². The first kappa shape index (κ1) is 20.2. The fourth-order valence-corrected chi connectivity index (χ4v) is 3.80. The Morgan fingerprint density at radius 1 is 1.31 bits per heavy atom. The molecule has 1 aromatic heterocycles. The van der Waals surface area contributed by atoms with Crippen LogP contribution in [-0.4, -0.2) is 23.5 Å². The van der Waals surface area contributed by atoms with Gasteiger partial charge in [0.15, 0.2) is 11.7 Å².